The summed E-state index contributed by atoms with van der Waals surface area (Å²) in [5, 5.41) is 0. The minimum absolute atomic E-state index is 0.191. The van der Waals surface area contributed by atoms with Crippen LogP contribution in [0.25, 0.3) is 22.3 Å². The molecule has 1 aliphatic rings. The van der Waals surface area contributed by atoms with Crippen LogP contribution in [0.15, 0.2) is 97.1 Å². The molecule has 0 N–H and O–H groups in total. The lowest BCUT2D eigenvalue weighted by Crippen LogP contribution is -2.44. The van der Waals surface area contributed by atoms with Crippen molar-refractivity contribution in [3.8, 4) is 22.3 Å². The summed E-state index contributed by atoms with van der Waals surface area (Å²) < 4.78 is 14.0. The quantitative estimate of drug-likeness (QED) is 0.172. The van der Waals surface area contributed by atoms with Gasteiger partial charge in [0, 0.05) is 37.9 Å². The Morgan fingerprint density at radius 1 is 0.587 bits per heavy atom. The number of piperidine rings is 1. The van der Waals surface area contributed by atoms with Gasteiger partial charge >= 0.3 is 0 Å². The first-order valence-electron chi connectivity index (χ1n) is 16.7. The van der Waals surface area contributed by atoms with Crippen LogP contribution in [-0.2, 0) is 13.1 Å². The monoisotopic (exact) mass is 610 g/mol. The number of halogens is 1. The molecule has 1 saturated heterocycles. The van der Waals surface area contributed by atoms with Gasteiger partial charge in [-0.1, -0.05) is 60.7 Å². The molecule has 5 aromatic rings. The van der Waals surface area contributed by atoms with Crippen LogP contribution in [0.2, 0.25) is 0 Å². The SMILES string of the molecule is Cc1cc(-c2cccc(CN3CCC(N(Cc4cccc(-c5cc(C)c(C)c(C)c5)c4)c4ccc(F)cc4)CC3)c2)cc(C)c1C. The maximum atomic E-state index is 14.0. The molecule has 3 heteroatoms. The van der Waals surface area contributed by atoms with Crippen molar-refractivity contribution in [3.05, 3.63) is 147 Å². The van der Waals surface area contributed by atoms with E-state index in [1.54, 1.807) is 12.1 Å². The highest BCUT2D eigenvalue weighted by Gasteiger charge is 2.25. The highest BCUT2D eigenvalue weighted by molar-refractivity contribution is 5.68. The first-order valence-corrected chi connectivity index (χ1v) is 16.7. The zero-order valence-electron chi connectivity index (χ0n) is 28.3. The van der Waals surface area contributed by atoms with E-state index < -0.39 is 0 Å². The Morgan fingerprint density at radius 3 is 1.59 bits per heavy atom. The molecule has 236 valence electrons. The Morgan fingerprint density at radius 2 is 1.07 bits per heavy atom. The predicted octanol–water partition coefficient (Wildman–Crippen LogP) is 10.7. The van der Waals surface area contributed by atoms with Gasteiger partial charge in [0.15, 0.2) is 0 Å². The molecule has 1 fully saturated rings. The first kappa shape index (κ1) is 31.8. The van der Waals surface area contributed by atoms with E-state index in [2.05, 4.69) is 124 Å². The highest BCUT2D eigenvalue weighted by atomic mass is 19.1. The summed E-state index contributed by atoms with van der Waals surface area (Å²) in [4.78, 5) is 5.09. The lowest BCUT2D eigenvalue weighted by molar-refractivity contribution is 0.201. The summed E-state index contributed by atoms with van der Waals surface area (Å²) in [5.74, 6) is -0.191. The van der Waals surface area contributed by atoms with E-state index in [0.717, 1.165) is 44.7 Å². The lowest BCUT2D eigenvalue weighted by Gasteiger charge is -2.40. The Labute approximate surface area is 275 Å². The molecule has 1 heterocycles. The zero-order valence-corrected chi connectivity index (χ0v) is 28.3. The molecule has 0 unspecified atom stereocenters. The van der Waals surface area contributed by atoms with Crippen molar-refractivity contribution >= 4 is 5.69 Å². The molecule has 0 aliphatic carbocycles. The molecule has 46 heavy (non-hydrogen) atoms. The van der Waals surface area contributed by atoms with E-state index in [9.17, 15) is 4.39 Å². The Balaban J connectivity index is 1.17. The second-order valence-electron chi connectivity index (χ2n) is 13.5. The maximum absolute atomic E-state index is 14.0. The molecule has 0 radical (unpaired) electrons. The molecule has 0 aromatic heterocycles. The predicted molar refractivity (Wildman–Crippen MR) is 193 cm³/mol. The van der Waals surface area contributed by atoms with Crippen LogP contribution in [0.1, 0.15) is 57.3 Å². The fourth-order valence-electron chi connectivity index (χ4n) is 7.01. The minimum atomic E-state index is -0.191. The molecule has 0 spiro atoms. The van der Waals surface area contributed by atoms with Gasteiger partial charge < -0.3 is 4.90 Å². The van der Waals surface area contributed by atoms with E-state index in [0.29, 0.717) is 6.04 Å². The van der Waals surface area contributed by atoms with E-state index in [1.807, 2.05) is 12.1 Å². The number of hydrogen-bond donors (Lipinski definition) is 0. The molecule has 0 bridgehead atoms. The van der Waals surface area contributed by atoms with Gasteiger partial charge in [-0.2, -0.15) is 0 Å². The van der Waals surface area contributed by atoms with Gasteiger partial charge in [-0.3, -0.25) is 4.90 Å². The molecule has 5 aromatic carbocycles. The smallest absolute Gasteiger partial charge is 0.123 e. The van der Waals surface area contributed by atoms with E-state index >= 15 is 0 Å². The van der Waals surface area contributed by atoms with Crippen molar-refractivity contribution in [3.63, 3.8) is 0 Å². The summed E-state index contributed by atoms with van der Waals surface area (Å²) in [6, 6.07) is 34.7. The standard InChI is InChI=1S/C43H47FN2/c1-29-21-39(22-30(2)33(29)5)37-11-7-9-35(25-37)27-45-19-17-43(18-20-45)46(42-15-13-41(44)14-16-42)28-36-10-8-12-38(26-36)40-23-31(3)34(6)32(4)24-40/h7-16,21-26,43H,17-20,27-28H2,1-6H3. The van der Waals surface area contributed by atoms with Crippen LogP contribution in [0.3, 0.4) is 0 Å². The number of benzene rings is 5. The Kier molecular flexibility index (Phi) is 9.42. The summed E-state index contributed by atoms with van der Waals surface area (Å²) in [7, 11) is 0. The van der Waals surface area contributed by atoms with Crippen molar-refractivity contribution < 1.29 is 4.39 Å². The summed E-state index contributed by atoms with van der Waals surface area (Å²) >= 11 is 0. The van der Waals surface area contributed by atoms with Gasteiger partial charge in [-0.15, -0.1) is 0 Å². The van der Waals surface area contributed by atoms with E-state index in [4.69, 9.17) is 0 Å². The molecule has 0 amide bonds. The minimum Gasteiger partial charge on any atom is -0.364 e. The normalized spacial score (nSPS) is 14.1. The van der Waals surface area contributed by atoms with Crippen molar-refractivity contribution in [1.29, 1.82) is 0 Å². The van der Waals surface area contributed by atoms with Crippen LogP contribution in [0, 0.1) is 47.4 Å². The average molecular weight is 611 g/mol. The molecular weight excluding hydrogens is 563 g/mol. The van der Waals surface area contributed by atoms with Gasteiger partial charge in [0.05, 0.1) is 0 Å². The zero-order chi connectivity index (χ0) is 32.4. The van der Waals surface area contributed by atoms with Crippen LogP contribution in [0.4, 0.5) is 10.1 Å². The van der Waals surface area contributed by atoms with Crippen molar-refractivity contribution in [1.82, 2.24) is 4.90 Å². The number of aryl methyl sites for hydroxylation is 4. The largest absolute Gasteiger partial charge is 0.364 e. The van der Waals surface area contributed by atoms with Crippen LogP contribution < -0.4 is 4.90 Å². The topological polar surface area (TPSA) is 6.48 Å². The van der Waals surface area contributed by atoms with Crippen LogP contribution >= 0.6 is 0 Å². The molecule has 1 aliphatic heterocycles. The summed E-state index contributed by atoms with van der Waals surface area (Å²) in [6.45, 7) is 17.0. The molecule has 0 saturated carbocycles. The third-order valence-corrected chi connectivity index (χ3v) is 10.3. The molecular formula is C43H47FN2. The third-order valence-electron chi connectivity index (χ3n) is 10.3. The second kappa shape index (κ2) is 13.6. The van der Waals surface area contributed by atoms with E-state index in [1.165, 1.54) is 66.8 Å². The number of nitrogens with zero attached hydrogens (tertiary/aromatic N) is 2. The van der Waals surface area contributed by atoms with Crippen molar-refractivity contribution in [2.45, 2.75) is 73.5 Å². The lowest BCUT2D eigenvalue weighted by atomic mass is 9.95. The van der Waals surface area contributed by atoms with Crippen molar-refractivity contribution in [2.75, 3.05) is 18.0 Å². The van der Waals surface area contributed by atoms with E-state index in [-0.39, 0.29) is 5.82 Å². The first-order chi connectivity index (χ1) is 22.1. The molecule has 6 rings (SSSR count). The van der Waals surface area contributed by atoms with Gasteiger partial charge in [0.25, 0.3) is 0 Å². The number of rotatable bonds is 8. The summed E-state index contributed by atoms with van der Waals surface area (Å²) in [5.41, 5.74) is 16.9. The van der Waals surface area contributed by atoms with Gasteiger partial charge in [0.1, 0.15) is 5.82 Å². The van der Waals surface area contributed by atoms with Crippen LogP contribution in [-0.4, -0.2) is 24.0 Å². The van der Waals surface area contributed by atoms with Gasteiger partial charge in [-0.05, 0) is 158 Å². The highest BCUT2D eigenvalue weighted by Crippen LogP contribution is 2.31. The van der Waals surface area contributed by atoms with Gasteiger partial charge in [-0.25, -0.2) is 4.39 Å². The Bertz CT molecular complexity index is 1780. The molecule has 0 atom stereocenters. The molecule has 2 nitrogen and oxygen atoms in total. The maximum Gasteiger partial charge on any atom is 0.123 e. The third kappa shape index (κ3) is 7.11. The number of hydrogen-bond acceptors (Lipinski definition) is 2. The Hall–Kier alpha value is -4.21. The summed E-state index contributed by atoms with van der Waals surface area (Å²) in [6.07, 6.45) is 2.15. The fraction of sp³-hybridized carbons (Fsp3) is 0.302. The van der Waals surface area contributed by atoms with Crippen LogP contribution in [0.5, 0.6) is 0 Å². The fourth-order valence-corrected chi connectivity index (χ4v) is 7.01. The van der Waals surface area contributed by atoms with Crippen molar-refractivity contribution in [2.24, 2.45) is 0 Å². The number of likely N-dealkylation sites (tertiary alicyclic amines) is 1. The average Bonchev–Trinajstić information content (AvgIpc) is 3.06. The number of anilines is 1. The second-order valence-corrected chi connectivity index (χ2v) is 13.5. The van der Waals surface area contributed by atoms with Gasteiger partial charge in [0.2, 0.25) is 0 Å².